The Bertz CT molecular complexity index is 1220. The number of fused-ring (bicyclic) bond motifs is 1. The zero-order valence-corrected chi connectivity index (χ0v) is 17.0. The quantitative estimate of drug-likeness (QED) is 0.552. The van der Waals surface area contributed by atoms with E-state index >= 15 is 0 Å². The Balaban J connectivity index is 1.27. The fourth-order valence-electron chi connectivity index (χ4n) is 3.95. The van der Waals surface area contributed by atoms with Crippen LogP contribution in [-0.4, -0.2) is 56.8 Å². The molecule has 31 heavy (non-hydrogen) atoms. The maximum Gasteiger partial charge on any atom is 0.254 e. The Labute approximate surface area is 179 Å². The summed E-state index contributed by atoms with van der Waals surface area (Å²) >= 11 is 0. The molecule has 156 valence electrons. The van der Waals surface area contributed by atoms with Gasteiger partial charge in [0.2, 0.25) is 0 Å². The van der Waals surface area contributed by atoms with E-state index in [1.807, 2.05) is 47.4 Å². The third kappa shape index (κ3) is 4.04. The van der Waals surface area contributed by atoms with Gasteiger partial charge in [-0.05, 0) is 36.4 Å². The minimum atomic E-state index is -0.181. The second-order valence-electron chi connectivity index (χ2n) is 7.71. The summed E-state index contributed by atoms with van der Waals surface area (Å²) in [5.41, 5.74) is 3.93. The molecule has 5 rings (SSSR count). The predicted molar refractivity (Wildman–Crippen MR) is 117 cm³/mol. The monoisotopic (exact) mass is 415 g/mol. The zero-order valence-electron chi connectivity index (χ0n) is 17.0. The standard InChI is InChI=1S/C24H22FN5O/c25-20-4-2-1-3-19(20)16-29-11-13-30(14-12-29)24(31)18-5-6-21-22(15-18)28-23(27-21)17-7-9-26-10-8-17/h1-10,15H,11-14,16H2,(H,27,28). The summed E-state index contributed by atoms with van der Waals surface area (Å²) in [6, 6.07) is 16.2. The summed E-state index contributed by atoms with van der Waals surface area (Å²) in [7, 11) is 0. The van der Waals surface area contributed by atoms with Gasteiger partial charge in [-0.15, -0.1) is 0 Å². The molecule has 0 aliphatic carbocycles. The van der Waals surface area contributed by atoms with E-state index in [9.17, 15) is 9.18 Å². The number of imidazole rings is 1. The minimum Gasteiger partial charge on any atom is -0.338 e. The Morgan fingerprint density at radius 1 is 1.00 bits per heavy atom. The smallest absolute Gasteiger partial charge is 0.254 e. The van der Waals surface area contributed by atoms with E-state index in [-0.39, 0.29) is 11.7 Å². The fourth-order valence-corrected chi connectivity index (χ4v) is 3.95. The van der Waals surface area contributed by atoms with Crippen molar-refractivity contribution in [2.75, 3.05) is 26.2 Å². The van der Waals surface area contributed by atoms with Crippen molar-refractivity contribution >= 4 is 16.9 Å². The molecule has 1 saturated heterocycles. The molecular weight excluding hydrogens is 393 g/mol. The topological polar surface area (TPSA) is 65.1 Å². The highest BCUT2D eigenvalue weighted by molar-refractivity contribution is 5.97. The van der Waals surface area contributed by atoms with Crippen molar-refractivity contribution in [1.29, 1.82) is 0 Å². The molecule has 2 aromatic heterocycles. The number of hydrogen-bond acceptors (Lipinski definition) is 4. The van der Waals surface area contributed by atoms with Crippen molar-refractivity contribution in [2.24, 2.45) is 0 Å². The van der Waals surface area contributed by atoms with E-state index in [4.69, 9.17) is 0 Å². The van der Waals surface area contributed by atoms with Crippen molar-refractivity contribution in [3.05, 3.63) is 83.9 Å². The van der Waals surface area contributed by atoms with Gasteiger partial charge in [0.25, 0.3) is 5.91 Å². The number of aromatic amines is 1. The summed E-state index contributed by atoms with van der Waals surface area (Å²) in [6.07, 6.45) is 3.45. The highest BCUT2D eigenvalue weighted by Crippen LogP contribution is 2.22. The first kappa shape index (κ1) is 19.4. The highest BCUT2D eigenvalue weighted by Gasteiger charge is 2.23. The van der Waals surface area contributed by atoms with Crippen LogP contribution in [0.15, 0.2) is 67.0 Å². The minimum absolute atomic E-state index is 0.00695. The van der Waals surface area contributed by atoms with E-state index in [0.29, 0.717) is 30.8 Å². The van der Waals surface area contributed by atoms with Gasteiger partial charge in [0.15, 0.2) is 0 Å². The average Bonchev–Trinajstić information content (AvgIpc) is 3.25. The van der Waals surface area contributed by atoms with E-state index in [1.54, 1.807) is 18.5 Å². The lowest BCUT2D eigenvalue weighted by molar-refractivity contribution is 0.0627. The summed E-state index contributed by atoms with van der Waals surface area (Å²) in [5, 5.41) is 0. The van der Waals surface area contributed by atoms with Crippen molar-refractivity contribution in [3.8, 4) is 11.4 Å². The summed E-state index contributed by atoms with van der Waals surface area (Å²) in [6.45, 7) is 3.25. The van der Waals surface area contributed by atoms with Crippen LogP contribution in [0.4, 0.5) is 4.39 Å². The molecule has 1 fully saturated rings. The first-order valence-electron chi connectivity index (χ1n) is 10.3. The Morgan fingerprint density at radius 3 is 2.55 bits per heavy atom. The van der Waals surface area contributed by atoms with Crippen LogP contribution in [-0.2, 0) is 6.54 Å². The number of H-pyrrole nitrogens is 1. The molecule has 0 spiro atoms. The summed E-state index contributed by atoms with van der Waals surface area (Å²) in [4.78, 5) is 29.0. The van der Waals surface area contributed by atoms with Gasteiger partial charge in [0.05, 0.1) is 11.0 Å². The number of benzene rings is 2. The molecule has 7 heteroatoms. The van der Waals surface area contributed by atoms with Crippen LogP contribution in [0.1, 0.15) is 15.9 Å². The second-order valence-corrected chi connectivity index (χ2v) is 7.71. The van der Waals surface area contributed by atoms with Crippen molar-refractivity contribution in [1.82, 2.24) is 24.8 Å². The molecule has 6 nitrogen and oxygen atoms in total. The van der Waals surface area contributed by atoms with E-state index in [0.717, 1.165) is 35.5 Å². The van der Waals surface area contributed by atoms with Gasteiger partial charge >= 0.3 is 0 Å². The van der Waals surface area contributed by atoms with Gasteiger partial charge in [-0.3, -0.25) is 14.7 Å². The van der Waals surface area contributed by atoms with Crippen molar-refractivity contribution in [2.45, 2.75) is 6.54 Å². The number of carbonyl (C=O) groups excluding carboxylic acids is 1. The highest BCUT2D eigenvalue weighted by atomic mass is 19.1. The maximum absolute atomic E-state index is 13.9. The summed E-state index contributed by atoms with van der Waals surface area (Å²) < 4.78 is 13.9. The number of nitrogens with zero attached hydrogens (tertiary/aromatic N) is 4. The van der Waals surface area contributed by atoms with E-state index in [1.165, 1.54) is 6.07 Å². The molecule has 1 aliphatic heterocycles. The number of rotatable bonds is 4. The molecule has 1 N–H and O–H groups in total. The lowest BCUT2D eigenvalue weighted by Gasteiger charge is -2.34. The molecule has 2 aromatic carbocycles. The number of halogens is 1. The van der Waals surface area contributed by atoms with E-state index in [2.05, 4.69) is 19.9 Å². The van der Waals surface area contributed by atoms with Crippen LogP contribution < -0.4 is 0 Å². The Hall–Kier alpha value is -3.58. The molecule has 4 aromatic rings. The van der Waals surface area contributed by atoms with Crippen LogP contribution in [0.25, 0.3) is 22.4 Å². The van der Waals surface area contributed by atoms with Crippen LogP contribution in [0, 0.1) is 5.82 Å². The number of aromatic nitrogens is 3. The van der Waals surface area contributed by atoms with Gasteiger partial charge in [-0.1, -0.05) is 18.2 Å². The fraction of sp³-hybridized carbons (Fsp3) is 0.208. The molecular formula is C24H22FN5O. The Kier molecular flexibility index (Phi) is 5.18. The molecule has 0 radical (unpaired) electrons. The van der Waals surface area contributed by atoms with Gasteiger partial charge in [-0.25, -0.2) is 9.37 Å². The number of pyridine rings is 1. The first-order chi connectivity index (χ1) is 15.2. The number of amides is 1. The van der Waals surface area contributed by atoms with Crippen LogP contribution in [0.2, 0.25) is 0 Å². The third-order valence-corrected chi connectivity index (χ3v) is 5.69. The first-order valence-corrected chi connectivity index (χ1v) is 10.3. The van der Waals surface area contributed by atoms with Crippen LogP contribution in [0.5, 0.6) is 0 Å². The van der Waals surface area contributed by atoms with Gasteiger partial charge < -0.3 is 9.88 Å². The van der Waals surface area contributed by atoms with Gasteiger partial charge in [0, 0.05) is 61.8 Å². The lowest BCUT2D eigenvalue weighted by atomic mass is 10.1. The molecule has 0 bridgehead atoms. The average molecular weight is 415 g/mol. The van der Waals surface area contributed by atoms with Gasteiger partial charge in [0.1, 0.15) is 11.6 Å². The number of hydrogen-bond donors (Lipinski definition) is 1. The van der Waals surface area contributed by atoms with E-state index < -0.39 is 0 Å². The van der Waals surface area contributed by atoms with Crippen LogP contribution >= 0.6 is 0 Å². The number of nitrogens with one attached hydrogen (secondary N) is 1. The second kappa shape index (κ2) is 8.28. The molecule has 0 atom stereocenters. The van der Waals surface area contributed by atoms with Crippen molar-refractivity contribution in [3.63, 3.8) is 0 Å². The van der Waals surface area contributed by atoms with Crippen molar-refractivity contribution < 1.29 is 9.18 Å². The number of piperazine rings is 1. The molecule has 1 amide bonds. The SMILES string of the molecule is O=C(c1ccc2nc(-c3ccncc3)[nH]c2c1)N1CCN(Cc2ccccc2F)CC1. The number of carbonyl (C=O) groups is 1. The summed E-state index contributed by atoms with van der Waals surface area (Å²) in [5.74, 6) is 0.580. The molecule has 3 heterocycles. The maximum atomic E-state index is 13.9. The largest absolute Gasteiger partial charge is 0.338 e. The zero-order chi connectivity index (χ0) is 21.2. The molecule has 1 aliphatic rings. The molecule has 0 unspecified atom stereocenters. The van der Waals surface area contributed by atoms with Gasteiger partial charge in [-0.2, -0.15) is 0 Å². The Morgan fingerprint density at radius 2 is 1.77 bits per heavy atom. The normalized spacial score (nSPS) is 14.8. The lowest BCUT2D eigenvalue weighted by Crippen LogP contribution is -2.48. The molecule has 0 saturated carbocycles. The van der Waals surface area contributed by atoms with Crippen LogP contribution in [0.3, 0.4) is 0 Å². The predicted octanol–water partition coefficient (Wildman–Crippen LogP) is 3.72. The third-order valence-electron chi connectivity index (χ3n) is 5.69.